The van der Waals surface area contributed by atoms with E-state index in [-0.39, 0.29) is 5.54 Å². The summed E-state index contributed by atoms with van der Waals surface area (Å²) in [5.74, 6) is 0.923. The number of nitrogens with one attached hydrogen (secondary N) is 1. The standard InChI is InChI=1S/C15H23N3/c1-15(2)11-17-14(12-6-7-12)10-18(15)9-13-5-3-4-8-16-13/h3-5,8,12,14,17H,6-7,9-11H2,1-2H3. The van der Waals surface area contributed by atoms with Crippen molar-refractivity contribution in [2.45, 2.75) is 44.8 Å². The van der Waals surface area contributed by atoms with E-state index in [1.54, 1.807) is 0 Å². The maximum absolute atomic E-state index is 4.46. The van der Waals surface area contributed by atoms with Gasteiger partial charge < -0.3 is 5.32 Å². The molecule has 0 amide bonds. The average molecular weight is 245 g/mol. The number of nitrogens with zero attached hydrogens (tertiary/aromatic N) is 2. The van der Waals surface area contributed by atoms with Crippen molar-refractivity contribution >= 4 is 0 Å². The molecule has 1 N–H and O–H groups in total. The lowest BCUT2D eigenvalue weighted by molar-refractivity contribution is 0.0522. The van der Waals surface area contributed by atoms with Crippen LogP contribution in [0.1, 0.15) is 32.4 Å². The Morgan fingerprint density at radius 1 is 1.39 bits per heavy atom. The van der Waals surface area contributed by atoms with Crippen LogP contribution < -0.4 is 5.32 Å². The maximum atomic E-state index is 4.46. The van der Waals surface area contributed by atoms with Crippen LogP contribution in [0, 0.1) is 5.92 Å². The Balaban J connectivity index is 1.70. The predicted octanol–water partition coefficient (Wildman–Crippen LogP) is 2.04. The van der Waals surface area contributed by atoms with Crippen LogP contribution in [-0.4, -0.2) is 34.6 Å². The molecule has 3 nitrogen and oxygen atoms in total. The summed E-state index contributed by atoms with van der Waals surface area (Å²) in [6, 6.07) is 6.89. The topological polar surface area (TPSA) is 28.2 Å². The van der Waals surface area contributed by atoms with E-state index in [1.165, 1.54) is 18.5 Å². The van der Waals surface area contributed by atoms with Gasteiger partial charge in [-0.15, -0.1) is 0 Å². The third-order valence-electron chi connectivity index (χ3n) is 4.34. The summed E-state index contributed by atoms with van der Waals surface area (Å²) in [7, 11) is 0. The second-order valence-corrected chi connectivity index (χ2v) is 6.34. The number of pyridine rings is 1. The molecule has 1 saturated carbocycles. The Morgan fingerprint density at radius 3 is 2.89 bits per heavy atom. The molecule has 0 radical (unpaired) electrons. The molecule has 1 aromatic heterocycles. The quantitative estimate of drug-likeness (QED) is 0.883. The fraction of sp³-hybridized carbons (Fsp3) is 0.667. The van der Waals surface area contributed by atoms with Crippen molar-refractivity contribution in [3.8, 4) is 0 Å². The van der Waals surface area contributed by atoms with E-state index in [9.17, 15) is 0 Å². The normalized spacial score (nSPS) is 28.2. The van der Waals surface area contributed by atoms with Gasteiger partial charge >= 0.3 is 0 Å². The van der Waals surface area contributed by atoms with Gasteiger partial charge in [-0.05, 0) is 44.7 Å². The van der Waals surface area contributed by atoms with Crippen molar-refractivity contribution < 1.29 is 0 Å². The Morgan fingerprint density at radius 2 is 2.22 bits per heavy atom. The molecule has 2 heterocycles. The van der Waals surface area contributed by atoms with Gasteiger partial charge in [0.2, 0.25) is 0 Å². The second kappa shape index (κ2) is 4.63. The molecule has 1 aromatic rings. The Kier molecular flexibility index (Phi) is 3.12. The minimum absolute atomic E-state index is 0.225. The van der Waals surface area contributed by atoms with Gasteiger partial charge in [-0.2, -0.15) is 0 Å². The molecule has 18 heavy (non-hydrogen) atoms. The number of hydrogen-bond acceptors (Lipinski definition) is 3. The second-order valence-electron chi connectivity index (χ2n) is 6.34. The van der Waals surface area contributed by atoms with Crippen molar-refractivity contribution in [3.63, 3.8) is 0 Å². The highest BCUT2D eigenvalue weighted by Crippen LogP contribution is 2.35. The van der Waals surface area contributed by atoms with E-state index in [1.807, 2.05) is 12.3 Å². The summed E-state index contributed by atoms with van der Waals surface area (Å²) in [5.41, 5.74) is 1.41. The van der Waals surface area contributed by atoms with Crippen LogP contribution >= 0.6 is 0 Å². The Hall–Kier alpha value is -0.930. The summed E-state index contributed by atoms with van der Waals surface area (Å²) >= 11 is 0. The zero-order valence-corrected chi connectivity index (χ0v) is 11.4. The highest BCUT2D eigenvalue weighted by atomic mass is 15.3. The summed E-state index contributed by atoms with van der Waals surface area (Å²) < 4.78 is 0. The summed E-state index contributed by atoms with van der Waals surface area (Å²) in [6.07, 6.45) is 4.72. The molecule has 3 rings (SSSR count). The van der Waals surface area contributed by atoms with Crippen molar-refractivity contribution in [3.05, 3.63) is 30.1 Å². The molecule has 2 aliphatic rings. The Labute approximate surface area is 110 Å². The van der Waals surface area contributed by atoms with Crippen LogP contribution in [0.15, 0.2) is 24.4 Å². The highest BCUT2D eigenvalue weighted by molar-refractivity contribution is 5.06. The van der Waals surface area contributed by atoms with E-state index in [0.717, 1.165) is 25.6 Å². The molecule has 0 bridgehead atoms. The van der Waals surface area contributed by atoms with Crippen molar-refractivity contribution in [1.29, 1.82) is 0 Å². The van der Waals surface area contributed by atoms with Gasteiger partial charge in [0.15, 0.2) is 0 Å². The SMILES string of the molecule is CC1(C)CNC(C2CC2)CN1Cc1ccccn1. The van der Waals surface area contributed by atoms with Crippen LogP contribution in [0.4, 0.5) is 0 Å². The van der Waals surface area contributed by atoms with Crippen molar-refractivity contribution in [2.75, 3.05) is 13.1 Å². The zero-order valence-electron chi connectivity index (χ0n) is 11.4. The van der Waals surface area contributed by atoms with Gasteiger partial charge in [-0.3, -0.25) is 9.88 Å². The van der Waals surface area contributed by atoms with Crippen molar-refractivity contribution in [2.24, 2.45) is 5.92 Å². The van der Waals surface area contributed by atoms with Gasteiger partial charge in [-0.25, -0.2) is 0 Å². The molecule has 0 aromatic carbocycles. The smallest absolute Gasteiger partial charge is 0.0544 e. The van der Waals surface area contributed by atoms with E-state index in [0.29, 0.717) is 6.04 Å². The van der Waals surface area contributed by atoms with Gasteiger partial charge in [0.1, 0.15) is 0 Å². The van der Waals surface area contributed by atoms with Crippen LogP contribution in [0.2, 0.25) is 0 Å². The molecule has 2 fully saturated rings. The van der Waals surface area contributed by atoms with Gasteiger partial charge in [0.25, 0.3) is 0 Å². The van der Waals surface area contributed by atoms with Crippen LogP contribution in [0.25, 0.3) is 0 Å². The van der Waals surface area contributed by atoms with Crippen LogP contribution in [-0.2, 0) is 6.54 Å². The zero-order chi connectivity index (χ0) is 12.6. The first kappa shape index (κ1) is 12.1. The first-order valence-corrected chi connectivity index (χ1v) is 7.03. The lowest BCUT2D eigenvalue weighted by Crippen LogP contribution is -2.62. The number of aromatic nitrogens is 1. The fourth-order valence-electron chi connectivity index (χ4n) is 2.82. The molecule has 1 atom stereocenters. The van der Waals surface area contributed by atoms with Gasteiger partial charge in [0.05, 0.1) is 5.69 Å². The molecular formula is C15H23N3. The molecule has 1 unspecified atom stereocenters. The number of rotatable bonds is 3. The third-order valence-corrected chi connectivity index (χ3v) is 4.34. The maximum Gasteiger partial charge on any atom is 0.0544 e. The van der Waals surface area contributed by atoms with Crippen LogP contribution in [0.3, 0.4) is 0 Å². The van der Waals surface area contributed by atoms with Gasteiger partial charge in [0, 0.05) is 37.4 Å². The first-order valence-electron chi connectivity index (χ1n) is 7.03. The molecule has 98 valence electrons. The van der Waals surface area contributed by atoms with Crippen LogP contribution in [0.5, 0.6) is 0 Å². The largest absolute Gasteiger partial charge is 0.311 e. The monoisotopic (exact) mass is 245 g/mol. The Bertz CT molecular complexity index is 397. The van der Waals surface area contributed by atoms with E-state index in [4.69, 9.17) is 0 Å². The number of hydrogen-bond donors (Lipinski definition) is 1. The molecule has 1 aliphatic carbocycles. The minimum atomic E-state index is 0.225. The molecular weight excluding hydrogens is 222 g/mol. The van der Waals surface area contributed by atoms with E-state index in [2.05, 4.69) is 41.2 Å². The van der Waals surface area contributed by atoms with Crippen molar-refractivity contribution in [1.82, 2.24) is 15.2 Å². The van der Waals surface area contributed by atoms with Gasteiger partial charge in [-0.1, -0.05) is 6.07 Å². The molecule has 0 spiro atoms. The third kappa shape index (κ3) is 2.57. The lowest BCUT2D eigenvalue weighted by Gasteiger charge is -2.46. The van der Waals surface area contributed by atoms with E-state index >= 15 is 0 Å². The fourth-order valence-corrected chi connectivity index (χ4v) is 2.82. The summed E-state index contributed by atoms with van der Waals surface area (Å²) in [4.78, 5) is 7.05. The molecule has 1 saturated heterocycles. The summed E-state index contributed by atoms with van der Waals surface area (Å²) in [6.45, 7) is 7.87. The number of piperazine rings is 1. The predicted molar refractivity (Wildman–Crippen MR) is 73.2 cm³/mol. The highest BCUT2D eigenvalue weighted by Gasteiger charge is 2.40. The summed E-state index contributed by atoms with van der Waals surface area (Å²) in [5, 5.41) is 3.72. The molecule has 1 aliphatic heterocycles. The average Bonchev–Trinajstić information content (AvgIpc) is 3.17. The minimum Gasteiger partial charge on any atom is -0.311 e. The van der Waals surface area contributed by atoms with E-state index < -0.39 is 0 Å². The molecule has 3 heteroatoms. The first-order chi connectivity index (χ1) is 8.65. The lowest BCUT2D eigenvalue weighted by atomic mass is 9.95.